The number of anilines is 1. The van der Waals surface area contributed by atoms with Gasteiger partial charge in [-0.3, -0.25) is 0 Å². The van der Waals surface area contributed by atoms with Gasteiger partial charge in [0, 0.05) is 16.1 Å². The Hall–Kier alpha value is -1.36. The minimum absolute atomic E-state index is 0.261. The monoisotopic (exact) mass is 323 g/mol. The molecule has 102 valence electrons. The first-order valence-electron chi connectivity index (χ1n) is 6.30. The minimum Gasteiger partial charge on any atom is -0.423 e. The number of rotatable bonds is 4. The second-order valence-corrected chi connectivity index (χ2v) is 5.81. The molecule has 1 aromatic carbocycles. The Balaban J connectivity index is 2.07. The van der Waals surface area contributed by atoms with Gasteiger partial charge in [-0.05, 0) is 31.0 Å². The summed E-state index contributed by atoms with van der Waals surface area (Å²) in [4.78, 5) is 0. The summed E-state index contributed by atoms with van der Waals surface area (Å²) in [5, 5.41) is 11.4. The van der Waals surface area contributed by atoms with E-state index in [-0.39, 0.29) is 5.92 Å². The van der Waals surface area contributed by atoms with E-state index in [1.807, 2.05) is 13.8 Å². The molecule has 0 saturated carbocycles. The van der Waals surface area contributed by atoms with Crippen LogP contribution in [0.2, 0.25) is 0 Å². The molecule has 0 saturated heterocycles. The predicted octanol–water partition coefficient (Wildman–Crippen LogP) is 4.18. The molecule has 0 radical (unpaired) electrons. The van der Waals surface area contributed by atoms with Gasteiger partial charge in [0.15, 0.2) is 0 Å². The van der Waals surface area contributed by atoms with Crippen molar-refractivity contribution in [3.05, 3.63) is 39.5 Å². The first-order valence-corrected chi connectivity index (χ1v) is 7.09. The first kappa shape index (κ1) is 14.1. The molecular formula is C14H18BrN3O. The third-order valence-corrected chi connectivity index (χ3v) is 3.77. The molecular weight excluding hydrogens is 306 g/mol. The van der Waals surface area contributed by atoms with Crippen molar-refractivity contribution in [2.45, 2.75) is 40.2 Å². The topological polar surface area (TPSA) is 51.0 Å². The van der Waals surface area contributed by atoms with E-state index in [0.717, 1.165) is 10.2 Å². The Morgan fingerprint density at radius 2 is 1.95 bits per heavy atom. The molecule has 1 heterocycles. The average Bonchev–Trinajstić information content (AvgIpc) is 2.81. The number of nitrogens with one attached hydrogen (secondary N) is 1. The van der Waals surface area contributed by atoms with Gasteiger partial charge in [0.1, 0.15) is 0 Å². The predicted molar refractivity (Wildman–Crippen MR) is 79.3 cm³/mol. The maximum absolute atomic E-state index is 5.56. The summed E-state index contributed by atoms with van der Waals surface area (Å²) in [6.07, 6.45) is 0. The molecule has 1 N–H and O–H groups in total. The van der Waals surface area contributed by atoms with Gasteiger partial charge in [-0.15, -0.1) is 10.2 Å². The normalized spacial score (nSPS) is 11.1. The van der Waals surface area contributed by atoms with Crippen LogP contribution in [0.25, 0.3) is 0 Å². The fraction of sp³-hybridized carbons (Fsp3) is 0.429. The highest BCUT2D eigenvalue weighted by atomic mass is 79.9. The van der Waals surface area contributed by atoms with E-state index in [2.05, 4.69) is 57.4 Å². The van der Waals surface area contributed by atoms with Crippen LogP contribution in [-0.2, 0) is 6.54 Å². The molecule has 0 amide bonds. The van der Waals surface area contributed by atoms with Crippen LogP contribution in [0.15, 0.2) is 21.0 Å². The van der Waals surface area contributed by atoms with E-state index in [0.29, 0.717) is 18.3 Å². The SMILES string of the molecule is Cc1cc(C)c(NCc2nnc(C(C)C)o2)cc1Br. The molecule has 2 aromatic rings. The number of halogens is 1. The van der Waals surface area contributed by atoms with E-state index in [9.17, 15) is 0 Å². The van der Waals surface area contributed by atoms with Gasteiger partial charge in [0.2, 0.25) is 11.8 Å². The fourth-order valence-corrected chi connectivity index (χ4v) is 2.10. The highest BCUT2D eigenvalue weighted by Gasteiger charge is 2.10. The van der Waals surface area contributed by atoms with E-state index in [1.165, 1.54) is 11.1 Å². The lowest BCUT2D eigenvalue weighted by Gasteiger charge is -2.10. The molecule has 2 rings (SSSR count). The molecule has 0 aliphatic heterocycles. The maximum atomic E-state index is 5.56. The van der Waals surface area contributed by atoms with Crippen molar-refractivity contribution in [2.75, 3.05) is 5.32 Å². The molecule has 0 unspecified atom stereocenters. The van der Waals surface area contributed by atoms with Crippen LogP contribution in [0.4, 0.5) is 5.69 Å². The van der Waals surface area contributed by atoms with Crippen LogP contribution < -0.4 is 5.32 Å². The van der Waals surface area contributed by atoms with Crippen LogP contribution in [-0.4, -0.2) is 10.2 Å². The number of benzene rings is 1. The van der Waals surface area contributed by atoms with Gasteiger partial charge < -0.3 is 9.73 Å². The van der Waals surface area contributed by atoms with Gasteiger partial charge in [-0.1, -0.05) is 35.8 Å². The molecule has 0 aliphatic rings. The first-order chi connectivity index (χ1) is 8.97. The molecule has 0 spiro atoms. The molecule has 0 bridgehead atoms. The summed E-state index contributed by atoms with van der Waals surface area (Å²) in [5.74, 6) is 1.55. The van der Waals surface area contributed by atoms with Crippen molar-refractivity contribution in [2.24, 2.45) is 0 Å². The zero-order valence-electron chi connectivity index (χ0n) is 11.6. The number of hydrogen-bond acceptors (Lipinski definition) is 4. The van der Waals surface area contributed by atoms with E-state index < -0.39 is 0 Å². The third kappa shape index (κ3) is 3.35. The van der Waals surface area contributed by atoms with Gasteiger partial charge >= 0.3 is 0 Å². The number of aryl methyl sites for hydroxylation is 2. The standard InChI is InChI=1S/C14H18BrN3O/c1-8(2)14-18-17-13(19-14)7-16-12-6-11(15)9(3)5-10(12)4/h5-6,8,16H,7H2,1-4H3. The van der Waals surface area contributed by atoms with Crippen LogP contribution in [0.1, 0.15) is 42.7 Å². The molecule has 1 aromatic heterocycles. The van der Waals surface area contributed by atoms with Gasteiger partial charge in [-0.2, -0.15) is 0 Å². The summed E-state index contributed by atoms with van der Waals surface area (Å²) in [5.41, 5.74) is 3.49. The summed E-state index contributed by atoms with van der Waals surface area (Å²) >= 11 is 3.54. The molecule has 0 atom stereocenters. The van der Waals surface area contributed by atoms with E-state index >= 15 is 0 Å². The summed E-state index contributed by atoms with van der Waals surface area (Å²) < 4.78 is 6.66. The Kier molecular flexibility index (Phi) is 4.24. The van der Waals surface area contributed by atoms with Crippen molar-refractivity contribution >= 4 is 21.6 Å². The van der Waals surface area contributed by atoms with Crippen molar-refractivity contribution in [3.8, 4) is 0 Å². The van der Waals surface area contributed by atoms with E-state index in [1.54, 1.807) is 0 Å². The highest BCUT2D eigenvalue weighted by Crippen LogP contribution is 2.25. The maximum Gasteiger partial charge on any atom is 0.235 e. The molecule has 4 nitrogen and oxygen atoms in total. The van der Waals surface area contributed by atoms with Crippen LogP contribution in [0.5, 0.6) is 0 Å². The Morgan fingerprint density at radius 1 is 1.21 bits per heavy atom. The molecule has 5 heteroatoms. The lowest BCUT2D eigenvalue weighted by Crippen LogP contribution is -2.02. The van der Waals surface area contributed by atoms with Gasteiger partial charge in [-0.25, -0.2) is 0 Å². The number of hydrogen-bond donors (Lipinski definition) is 1. The van der Waals surface area contributed by atoms with E-state index in [4.69, 9.17) is 4.42 Å². The molecule has 0 aliphatic carbocycles. The van der Waals surface area contributed by atoms with Crippen molar-refractivity contribution in [3.63, 3.8) is 0 Å². The summed E-state index contributed by atoms with van der Waals surface area (Å²) in [7, 11) is 0. The van der Waals surface area contributed by atoms with Crippen LogP contribution in [0.3, 0.4) is 0 Å². The van der Waals surface area contributed by atoms with Crippen LogP contribution >= 0.6 is 15.9 Å². The lowest BCUT2D eigenvalue weighted by molar-refractivity contribution is 0.437. The zero-order chi connectivity index (χ0) is 14.0. The quantitative estimate of drug-likeness (QED) is 0.916. The Labute approximate surface area is 121 Å². The minimum atomic E-state index is 0.261. The molecule has 0 fully saturated rings. The second-order valence-electron chi connectivity index (χ2n) is 4.96. The Bertz CT molecular complexity index is 578. The smallest absolute Gasteiger partial charge is 0.235 e. The van der Waals surface area contributed by atoms with Crippen molar-refractivity contribution < 1.29 is 4.42 Å². The van der Waals surface area contributed by atoms with Gasteiger partial charge in [0.25, 0.3) is 0 Å². The fourth-order valence-electron chi connectivity index (χ4n) is 1.76. The number of aromatic nitrogens is 2. The molecule has 19 heavy (non-hydrogen) atoms. The second kappa shape index (κ2) is 5.74. The van der Waals surface area contributed by atoms with Crippen LogP contribution in [0, 0.1) is 13.8 Å². The zero-order valence-corrected chi connectivity index (χ0v) is 13.2. The highest BCUT2D eigenvalue weighted by molar-refractivity contribution is 9.10. The lowest BCUT2D eigenvalue weighted by atomic mass is 10.1. The van der Waals surface area contributed by atoms with Crippen molar-refractivity contribution in [1.29, 1.82) is 0 Å². The summed E-state index contributed by atoms with van der Waals surface area (Å²) in [6, 6.07) is 4.21. The summed E-state index contributed by atoms with van der Waals surface area (Å²) in [6.45, 7) is 8.76. The average molecular weight is 324 g/mol. The number of nitrogens with zero attached hydrogens (tertiary/aromatic N) is 2. The van der Waals surface area contributed by atoms with Gasteiger partial charge in [0.05, 0.1) is 6.54 Å². The third-order valence-electron chi connectivity index (χ3n) is 2.91. The van der Waals surface area contributed by atoms with Crippen molar-refractivity contribution in [1.82, 2.24) is 10.2 Å². The largest absolute Gasteiger partial charge is 0.423 e. The Morgan fingerprint density at radius 3 is 2.58 bits per heavy atom.